The van der Waals surface area contributed by atoms with Gasteiger partial charge in [-0.1, -0.05) is 26.0 Å². The van der Waals surface area contributed by atoms with Crippen molar-refractivity contribution in [2.45, 2.75) is 27.7 Å². The molecular weight excluding hydrogens is 473 g/mol. The molecule has 33 heavy (non-hydrogen) atoms. The molecule has 0 atom stereocenters. The van der Waals surface area contributed by atoms with Gasteiger partial charge in [0.25, 0.3) is 5.69 Å². The molecule has 0 aliphatic heterocycles. The van der Waals surface area contributed by atoms with Crippen LogP contribution in [0.3, 0.4) is 0 Å². The summed E-state index contributed by atoms with van der Waals surface area (Å²) in [6.07, 6.45) is 0. The Morgan fingerprint density at radius 2 is 1.58 bits per heavy atom. The highest BCUT2D eigenvalue weighted by Gasteiger charge is 2.31. The summed E-state index contributed by atoms with van der Waals surface area (Å²) >= 11 is 0. The smallest absolute Gasteiger partial charge is 0.340 e. The highest BCUT2D eigenvalue weighted by Crippen LogP contribution is 2.37. The Bertz CT molecular complexity index is 996. The van der Waals surface area contributed by atoms with Crippen molar-refractivity contribution < 1.29 is 24.0 Å². The average molecular weight is 502 g/mol. The minimum atomic E-state index is -0.740. The van der Waals surface area contributed by atoms with Crippen molar-refractivity contribution in [1.82, 2.24) is 9.88 Å². The molecule has 1 aromatic carbocycles. The van der Waals surface area contributed by atoms with Gasteiger partial charge in [-0.05, 0) is 33.0 Å². The van der Waals surface area contributed by atoms with Gasteiger partial charge >= 0.3 is 11.9 Å². The van der Waals surface area contributed by atoms with Crippen LogP contribution in [0.2, 0.25) is 0 Å². The fraction of sp³-hybridized carbons (Fsp3) is 0.409. The lowest BCUT2D eigenvalue weighted by Crippen LogP contribution is -2.28. The maximum absolute atomic E-state index is 13.1. The quantitative estimate of drug-likeness (QED) is 0.282. The first kappa shape index (κ1) is 30.2. The van der Waals surface area contributed by atoms with E-state index in [1.807, 2.05) is 13.8 Å². The van der Waals surface area contributed by atoms with E-state index in [2.05, 4.69) is 9.88 Å². The molecule has 0 saturated carbocycles. The minimum Gasteiger partial charge on any atom is -0.465 e. The summed E-state index contributed by atoms with van der Waals surface area (Å²) in [6, 6.07) is 5.93. The van der Waals surface area contributed by atoms with E-state index in [-0.39, 0.29) is 59.4 Å². The fourth-order valence-corrected chi connectivity index (χ4v) is 3.44. The molecule has 11 heteroatoms. The van der Waals surface area contributed by atoms with Gasteiger partial charge in [-0.25, -0.2) is 9.59 Å². The molecule has 0 aliphatic rings. The Kier molecular flexibility index (Phi) is 12.6. The molecule has 1 aromatic heterocycles. The molecule has 0 radical (unpaired) electrons. The predicted molar refractivity (Wildman–Crippen MR) is 130 cm³/mol. The lowest BCUT2D eigenvalue weighted by atomic mass is 9.91. The maximum atomic E-state index is 13.1. The summed E-state index contributed by atoms with van der Waals surface area (Å²) in [5, 5.41) is 11.7. The normalized spacial score (nSPS) is 10.1. The Morgan fingerprint density at radius 3 is 2.09 bits per heavy atom. The van der Waals surface area contributed by atoms with Crippen molar-refractivity contribution in [2.24, 2.45) is 0 Å². The first-order chi connectivity index (χ1) is 14.8. The minimum absolute atomic E-state index is 0. The number of hydrogen-bond acceptors (Lipinski definition) is 8. The van der Waals surface area contributed by atoms with Gasteiger partial charge in [0.2, 0.25) is 0 Å². The van der Waals surface area contributed by atoms with Crippen LogP contribution in [0, 0.1) is 24.0 Å². The molecule has 0 saturated heterocycles. The third kappa shape index (κ3) is 6.86. The summed E-state index contributed by atoms with van der Waals surface area (Å²) < 4.78 is 10.4. The number of methoxy groups -OCH3 is 1. The van der Waals surface area contributed by atoms with Gasteiger partial charge in [0.15, 0.2) is 0 Å². The zero-order valence-electron chi connectivity index (χ0n) is 19.2. The van der Waals surface area contributed by atoms with Gasteiger partial charge in [0, 0.05) is 18.2 Å². The number of carbonyl (C=O) groups is 2. The summed E-state index contributed by atoms with van der Waals surface area (Å²) in [5.74, 6) is -1.44. The molecule has 0 spiro atoms. The average Bonchev–Trinajstić information content (AvgIpc) is 2.75. The molecule has 2 rings (SSSR count). The number of halogens is 2. The molecular formula is C22H29Cl2N3O6. The molecule has 182 valence electrons. The van der Waals surface area contributed by atoms with Gasteiger partial charge in [0.1, 0.15) is 6.61 Å². The van der Waals surface area contributed by atoms with Gasteiger partial charge in [0.05, 0.1) is 40.1 Å². The summed E-state index contributed by atoms with van der Waals surface area (Å²) in [4.78, 5) is 43.2. The molecule has 0 amide bonds. The van der Waals surface area contributed by atoms with Crippen LogP contribution in [0.4, 0.5) is 5.69 Å². The second-order valence-electron chi connectivity index (χ2n) is 6.84. The summed E-state index contributed by atoms with van der Waals surface area (Å²) in [6.45, 7) is 9.52. The number of para-hydroxylation sites is 1. The Labute approximate surface area is 205 Å². The number of benzene rings is 1. The third-order valence-electron chi connectivity index (χ3n) is 5.06. The molecule has 0 fully saturated rings. The Balaban J connectivity index is 0.00000512. The van der Waals surface area contributed by atoms with E-state index in [1.54, 1.807) is 19.9 Å². The largest absolute Gasteiger partial charge is 0.465 e. The molecule has 0 unspecified atom stereocenters. The van der Waals surface area contributed by atoms with Gasteiger partial charge in [-0.15, -0.1) is 24.8 Å². The Hall–Kier alpha value is -2.75. The van der Waals surface area contributed by atoms with Crippen LogP contribution in [0.5, 0.6) is 0 Å². The summed E-state index contributed by atoms with van der Waals surface area (Å²) in [7, 11) is 1.20. The van der Waals surface area contributed by atoms with E-state index in [0.29, 0.717) is 17.9 Å². The van der Waals surface area contributed by atoms with E-state index in [9.17, 15) is 19.7 Å². The molecule has 0 bridgehead atoms. The maximum Gasteiger partial charge on any atom is 0.340 e. The van der Waals surface area contributed by atoms with E-state index in [1.165, 1.54) is 25.3 Å². The van der Waals surface area contributed by atoms with Crippen molar-refractivity contribution in [3.63, 3.8) is 0 Å². The molecule has 0 N–H and O–H groups in total. The second kappa shape index (κ2) is 13.7. The SMILES string of the molecule is CCN(CC)CCOC(=O)c1c(C)nc(C)c(C(=O)OC)c1-c1ccccc1[N+](=O)[O-].Cl.Cl. The number of hydrogen-bond donors (Lipinski definition) is 0. The van der Waals surface area contributed by atoms with Gasteiger partial charge in [-0.3, -0.25) is 15.1 Å². The fourth-order valence-electron chi connectivity index (χ4n) is 3.44. The van der Waals surface area contributed by atoms with Crippen molar-refractivity contribution in [1.29, 1.82) is 0 Å². The van der Waals surface area contributed by atoms with Crippen LogP contribution in [-0.2, 0) is 9.47 Å². The van der Waals surface area contributed by atoms with Crippen molar-refractivity contribution >= 4 is 42.4 Å². The van der Waals surface area contributed by atoms with Crippen LogP contribution >= 0.6 is 24.8 Å². The third-order valence-corrected chi connectivity index (χ3v) is 5.06. The van der Waals surface area contributed by atoms with Crippen LogP contribution in [0.15, 0.2) is 24.3 Å². The molecule has 1 heterocycles. The Morgan fingerprint density at radius 1 is 1.03 bits per heavy atom. The van der Waals surface area contributed by atoms with Gasteiger partial charge in [-0.2, -0.15) is 0 Å². The number of nitro benzene ring substituents is 1. The number of carbonyl (C=O) groups excluding carboxylic acids is 2. The number of nitrogens with zero attached hydrogens (tertiary/aromatic N) is 3. The first-order valence-corrected chi connectivity index (χ1v) is 9.99. The number of nitro groups is 1. The van der Waals surface area contributed by atoms with Crippen molar-refractivity contribution in [3.05, 3.63) is 56.9 Å². The van der Waals surface area contributed by atoms with E-state index < -0.39 is 16.9 Å². The van der Waals surface area contributed by atoms with Crippen LogP contribution < -0.4 is 0 Å². The van der Waals surface area contributed by atoms with Crippen LogP contribution in [0.1, 0.15) is 46.0 Å². The number of esters is 2. The summed E-state index contributed by atoms with van der Waals surface area (Å²) in [5.41, 5.74) is 0.602. The van der Waals surface area contributed by atoms with Gasteiger partial charge < -0.3 is 14.4 Å². The van der Waals surface area contributed by atoms with Crippen molar-refractivity contribution in [3.8, 4) is 11.1 Å². The second-order valence-corrected chi connectivity index (χ2v) is 6.84. The topological polar surface area (TPSA) is 112 Å². The van der Waals surface area contributed by atoms with Crippen LogP contribution in [-0.4, -0.2) is 60.1 Å². The number of pyridine rings is 1. The zero-order chi connectivity index (χ0) is 23.1. The number of likely N-dealkylation sites (N-methyl/N-ethyl adjacent to an activating group) is 1. The lowest BCUT2D eigenvalue weighted by Gasteiger charge is -2.19. The molecule has 2 aromatic rings. The van der Waals surface area contributed by atoms with Crippen molar-refractivity contribution in [2.75, 3.05) is 33.4 Å². The highest BCUT2D eigenvalue weighted by atomic mass is 35.5. The predicted octanol–water partition coefficient (Wildman–Crippen LogP) is 4.40. The monoisotopic (exact) mass is 501 g/mol. The number of ether oxygens (including phenoxy) is 2. The highest BCUT2D eigenvalue weighted by molar-refractivity contribution is 6.08. The number of rotatable bonds is 9. The first-order valence-electron chi connectivity index (χ1n) is 9.99. The number of aryl methyl sites for hydroxylation is 2. The zero-order valence-corrected chi connectivity index (χ0v) is 20.9. The van der Waals surface area contributed by atoms with E-state index >= 15 is 0 Å². The van der Waals surface area contributed by atoms with E-state index in [0.717, 1.165) is 13.1 Å². The molecule has 0 aliphatic carbocycles. The number of aromatic nitrogens is 1. The standard InChI is InChI=1S/C22H27N3O6.2ClH/c1-6-24(7-2)12-13-31-22(27)19-15(4)23-14(3)18(21(26)30-5)20(19)16-10-8-9-11-17(16)25(28)29;;/h8-11H,6-7,12-13H2,1-5H3;2*1H. The lowest BCUT2D eigenvalue weighted by molar-refractivity contribution is -0.384. The van der Waals surface area contributed by atoms with Crippen LogP contribution in [0.25, 0.3) is 11.1 Å². The molecule has 9 nitrogen and oxygen atoms in total. The van der Waals surface area contributed by atoms with E-state index in [4.69, 9.17) is 9.47 Å².